The number of benzene rings is 1. The zero-order chi connectivity index (χ0) is 14.5. The average Bonchev–Trinajstić information content (AvgIpc) is 2.82. The molecule has 0 bridgehead atoms. The second-order valence-corrected chi connectivity index (χ2v) is 5.05. The number of nitrogens with zero attached hydrogens (tertiary/aromatic N) is 1. The summed E-state index contributed by atoms with van der Waals surface area (Å²) in [5, 5.41) is 14.5. The van der Waals surface area contributed by atoms with E-state index in [0.717, 1.165) is 19.5 Å². The van der Waals surface area contributed by atoms with Gasteiger partial charge in [0.15, 0.2) is 6.04 Å². The van der Waals surface area contributed by atoms with Crippen molar-refractivity contribution in [3.63, 3.8) is 0 Å². The molecule has 0 aromatic heterocycles. The molecule has 1 aromatic carbocycles. The second kappa shape index (κ2) is 6.38. The van der Waals surface area contributed by atoms with Crippen LogP contribution < -0.4 is 10.6 Å². The van der Waals surface area contributed by atoms with Gasteiger partial charge in [-0.25, -0.2) is 9.59 Å². The zero-order valence-electron chi connectivity index (χ0n) is 11.4. The molecule has 2 atom stereocenters. The topological polar surface area (TPSA) is 81.7 Å². The van der Waals surface area contributed by atoms with Crippen molar-refractivity contribution in [1.82, 2.24) is 15.5 Å². The first kappa shape index (κ1) is 14.3. The van der Waals surface area contributed by atoms with Crippen molar-refractivity contribution in [2.45, 2.75) is 18.5 Å². The van der Waals surface area contributed by atoms with Gasteiger partial charge in [0, 0.05) is 12.6 Å². The Balaban J connectivity index is 1.95. The summed E-state index contributed by atoms with van der Waals surface area (Å²) in [5.74, 6) is -1.07. The fourth-order valence-electron chi connectivity index (χ4n) is 2.34. The Bertz CT molecular complexity index is 478. The Labute approximate surface area is 117 Å². The molecule has 2 unspecified atom stereocenters. The van der Waals surface area contributed by atoms with Crippen molar-refractivity contribution >= 4 is 12.0 Å². The van der Waals surface area contributed by atoms with Gasteiger partial charge in [-0.05, 0) is 25.6 Å². The van der Waals surface area contributed by atoms with Gasteiger partial charge < -0.3 is 20.6 Å². The number of carboxylic acid groups (broad SMARTS) is 1. The number of carbonyl (C=O) groups excluding carboxylic acids is 1. The third-order valence-corrected chi connectivity index (χ3v) is 3.38. The van der Waals surface area contributed by atoms with Gasteiger partial charge in [-0.15, -0.1) is 0 Å². The molecule has 2 amide bonds. The number of likely N-dealkylation sites (N-methyl/N-ethyl adjacent to an activating group) is 1. The SMILES string of the molecule is CN1CCC(NC(=O)NC(C(=O)O)c2ccccc2)C1. The molecule has 1 heterocycles. The quantitative estimate of drug-likeness (QED) is 0.761. The third-order valence-electron chi connectivity index (χ3n) is 3.38. The molecular weight excluding hydrogens is 258 g/mol. The second-order valence-electron chi connectivity index (χ2n) is 5.05. The predicted octanol–water partition coefficient (Wildman–Crippen LogP) is 0.816. The summed E-state index contributed by atoms with van der Waals surface area (Å²) in [5.41, 5.74) is 0.554. The molecule has 6 heteroatoms. The van der Waals surface area contributed by atoms with E-state index in [0.29, 0.717) is 5.56 Å². The lowest BCUT2D eigenvalue weighted by atomic mass is 10.1. The molecule has 1 fully saturated rings. The van der Waals surface area contributed by atoms with Gasteiger partial charge in [0.1, 0.15) is 0 Å². The molecule has 0 radical (unpaired) electrons. The van der Waals surface area contributed by atoms with E-state index < -0.39 is 18.0 Å². The average molecular weight is 277 g/mol. The summed E-state index contributed by atoms with van der Waals surface area (Å²) in [6.45, 7) is 1.72. The molecule has 0 aliphatic carbocycles. The summed E-state index contributed by atoms with van der Waals surface area (Å²) in [6.07, 6.45) is 0.882. The number of likely N-dealkylation sites (tertiary alicyclic amines) is 1. The van der Waals surface area contributed by atoms with Crippen molar-refractivity contribution in [3.05, 3.63) is 35.9 Å². The molecule has 1 aromatic rings. The molecule has 1 saturated heterocycles. The minimum atomic E-state index is -1.07. The Morgan fingerprint density at radius 3 is 2.60 bits per heavy atom. The van der Waals surface area contributed by atoms with Gasteiger partial charge in [0.2, 0.25) is 0 Å². The smallest absolute Gasteiger partial charge is 0.330 e. The van der Waals surface area contributed by atoms with E-state index in [1.54, 1.807) is 30.3 Å². The van der Waals surface area contributed by atoms with Crippen LogP contribution >= 0.6 is 0 Å². The van der Waals surface area contributed by atoms with Crippen molar-refractivity contribution in [2.24, 2.45) is 0 Å². The number of hydrogen-bond donors (Lipinski definition) is 3. The van der Waals surface area contributed by atoms with Gasteiger partial charge in [-0.3, -0.25) is 0 Å². The molecule has 20 heavy (non-hydrogen) atoms. The zero-order valence-corrected chi connectivity index (χ0v) is 11.4. The fraction of sp³-hybridized carbons (Fsp3) is 0.429. The molecule has 108 valence electrons. The predicted molar refractivity (Wildman–Crippen MR) is 74.4 cm³/mol. The Morgan fingerprint density at radius 2 is 2.05 bits per heavy atom. The lowest BCUT2D eigenvalue weighted by Crippen LogP contribution is -2.46. The van der Waals surface area contributed by atoms with Crippen molar-refractivity contribution in [3.8, 4) is 0 Å². The number of hydrogen-bond acceptors (Lipinski definition) is 3. The van der Waals surface area contributed by atoms with Crippen LogP contribution in [0.3, 0.4) is 0 Å². The van der Waals surface area contributed by atoms with E-state index in [-0.39, 0.29) is 6.04 Å². The summed E-state index contributed by atoms with van der Waals surface area (Å²) < 4.78 is 0. The standard InChI is InChI=1S/C14H19N3O3/c1-17-8-7-11(9-17)15-14(20)16-12(13(18)19)10-5-3-2-4-6-10/h2-6,11-12H,7-9H2,1H3,(H,18,19)(H2,15,16,20). The van der Waals surface area contributed by atoms with E-state index in [2.05, 4.69) is 15.5 Å². The molecule has 3 N–H and O–H groups in total. The van der Waals surface area contributed by atoms with Crippen LogP contribution in [0.1, 0.15) is 18.0 Å². The van der Waals surface area contributed by atoms with E-state index in [1.807, 2.05) is 7.05 Å². The van der Waals surface area contributed by atoms with E-state index in [9.17, 15) is 14.7 Å². The van der Waals surface area contributed by atoms with Crippen LogP contribution in [-0.4, -0.2) is 48.2 Å². The first-order chi connectivity index (χ1) is 9.56. The van der Waals surface area contributed by atoms with Crippen molar-refractivity contribution in [2.75, 3.05) is 20.1 Å². The molecule has 0 spiro atoms. The van der Waals surface area contributed by atoms with Crippen LogP contribution in [0.25, 0.3) is 0 Å². The van der Waals surface area contributed by atoms with Gasteiger partial charge >= 0.3 is 12.0 Å². The number of amides is 2. The number of carboxylic acids is 1. The number of nitrogens with one attached hydrogen (secondary N) is 2. The minimum absolute atomic E-state index is 0.0743. The largest absolute Gasteiger partial charge is 0.479 e. The van der Waals surface area contributed by atoms with Crippen LogP contribution in [0, 0.1) is 0 Å². The van der Waals surface area contributed by atoms with E-state index >= 15 is 0 Å². The summed E-state index contributed by atoms with van der Waals surface area (Å²) in [6, 6.07) is 7.26. The highest BCUT2D eigenvalue weighted by molar-refractivity contribution is 5.83. The normalized spacial score (nSPS) is 20.4. The number of carbonyl (C=O) groups is 2. The Hall–Kier alpha value is -2.08. The van der Waals surface area contributed by atoms with Gasteiger partial charge in [0.05, 0.1) is 0 Å². The summed E-state index contributed by atoms with van der Waals surface area (Å²) >= 11 is 0. The van der Waals surface area contributed by atoms with Crippen LogP contribution in [0.4, 0.5) is 4.79 Å². The Morgan fingerprint density at radius 1 is 1.35 bits per heavy atom. The van der Waals surface area contributed by atoms with E-state index in [1.165, 1.54) is 0 Å². The maximum absolute atomic E-state index is 11.9. The van der Waals surface area contributed by atoms with Crippen LogP contribution in [-0.2, 0) is 4.79 Å². The summed E-state index contributed by atoms with van der Waals surface area (Å²) in [4.78, 5) is 25.3. The molecular formula is C14H19N3O3. The highest BCUT2D eigenvalue weighted by atomic mass is 16.4. The summed E-state index contributed by atoms with van der Waals surface area (Å²) in [7, 11) is 1.99. The monoisotopic (exact) mass is 277 g/mol. The van der Waals surface area contributed by atoms with Crippen LogP contribution in [0.5, 0.6) is 0 Å². The highest BCUT2D eigenvalue weighted by Gasteiger charge is 2.25. The fourth-order valence-corrected chi connectivity index (χ4v) is 2.34. The Kier molecular flexibility index (Phi) is 4.57. The van der Waals surface area contributed by atoms with Gasteiger partial charge in [-0.2, -0.15) is 0 Å². The number of rotatable bonds is 4. The maximum Gasteiger partial charge on any atom is 0.330 e. The lowest BCUT2D eigenvalue weighted by Gasteiger charge is -2.18. The first-order valence-corrected chi connectivity index (χ1v) is 6.59. The number of aliphatic carboxylic acids is 1. The molecule has 1 aliphatic heterocycles. The minimum Gasteiger partial charge on any atom is -0.479 e. The molecule has 1 aliphatic rings. The maximum atomic E-state index is 11.9. The van der Waals surface area contributed by atoms with Crippen LogP contribution in [0.2, 0.25) is 0 Å². The third kappa shape index (κ3) is 3.71. The lowest BCUT2D eigenvalue weighted by molar-refractivity contribution is -0.139. The molecule has 6 nitrogen and oxygen atoms in total. The van der Waals surface area contributed by atoms with Crippen molar-refractivity contribution in [1.29, 1.82) is 0 Å². The molecule has 0 saturated carbocycles. The van der Waals surface area contributed by atoms with Gasteiger partial charge in [0.25, 0.3) is 0 Å². The van der Waals surface area contributed by atoms with Crippen LogP contribution in [0.15, 0.2) is 30.3 Å². The van der Waals surface area contributed by atoms with E-state index in [4.69, 9.17) is 0 Å². The van der Waals surface area contributed by atoms with Gasteiger partial charge in [-0.1, -0.05) is 30.3 Å². The number of urea groups is 1. The van der Waals surface area contributed by atoms with Crippen molar-refractivity contribution < 1.29 is 14.7 Å². The highest BCUT2D eigenvalue weighted by Crippen LogP contribution is 2.13. The first-order valence-electron chi connectivity index (χ1n) is 6.59. The molecule has 2 rings (SSSR count).